The van der Waals surface area contributed by atoms with Gasteiger partial charge < -0.3 is 10.0 Å². The van der Waals surface area contributed by atoms with E-state index in [1.54, 1.807) is 31.3 Å². The largest absolute Gasteiger partial charge is 0.384 e. The van der Waals surface area contributed by atoms with Crippen LogP contribution in [0.25, 0.3) is 0 Å². The van der Waals surface area contributed by atoms with Crippen LogP contribution in [-0.4, -0.2) is 36.1 Å². The van der Waals surface area contributed by atoms with Gasteiger partial charge in [0.05, 0.1) is 18.1 Å². The third-order valence-electron chi connectivity index (χ3n) is 2.37. The monoisotopic (exact) mass is 242 g/mol. The molecule has 1 aromatic rings. The molecule has 0 atom stereocenters. The molecule has 0 bridgehead atoms. The summed E-state index contributed by atoms with van der Waals surface area (Å²) in [6.45, 7) is 0.143. The smallest absolute Gasteiger partial charge is 0.254 e. The van der Waals surface area contributed by atoms with Crippen LogP contribution in [0, 0.1) is 23.2 Å². The zero-order valence-corrected chi connectivity index (χ0v) is 10.2. The zero-order chi connectivity index (χ0) is 13.4. The summed E-state index contributed by atoms with van der Waals surface area (Å²) in [7, 11) is 1.65. The summed E-state index contributed by atoms with van der Waals surface area (Å²) in [4.78, 5) is 13.6. The quantitative estimate of drug-likeness (QED) is 0.805. The number of hydrogen-bond acceptors (Lipinski definition) is 3. The fraction of sp³-hybridized carbons (Fsp3) is 0.286. The highest BCUT2D eigenvalue weighted by atomic mass is 16.2. The van der Waals surface area contributed by atoms with E-state index in [0.29, 0.717) is 24.1 Å². The number of aliphatic hydroxyl groups excluding tert-OH is 1. The fourth-order valence-corrected chi connectivity index (χ4v) is 1.44. The molecule has 4 nitrogen and oxygen atoms in total. The van der Waals surface area contributed by atoms with Gasteiger partial charge in [-0.05, 0) is 12.1 Å². The van der Waals surface area contributed by atoms with Gasteiger partial charge in [-0.2, -0.15) is 5.26 Å². The maximum absolute atomic E-state index is 12.1. The van der Waals surface area contributed by atoms with Crippen LogP contribution >= 0.6 is 0 Å². The van der Waals surface area contributed by atoms with Crippen molar-refractivity contribution in [2.24, 2.45) is 0 Å². The van der Waals surface area contributed by atoms with Crippen molar-refractivity contribution in [1.82, 2.24) is 4.90 Å². The molecule has 0 aliphatic carbocycles. The van der Waals surface area contributed by atoms with Crippen molar-refractivity contribution >= 4 is 5.91 Å². The highest BCUT2D eigenvalue weighted by molar-refractivity contribution is 5.96. The zero-order valence-electron chi connectivity index (χ0n) is 10.2. The summed E-state index contributed by atoms with van der Waals surface area (Å²) in [5.41, 5.74) is 1.07. The number of hydrogen-bond donors (Lipinski definition) is 1. The van der Waals surface area contributed by atoms with Crippen molar-refractivity contribution in [2.45, 2.75) is 6.42 Å². The normalized spacial score (nSPS) is 8.94. The lowest BCUT2D eigenvalue weighted by Crippen LogP contribution is -2.28. The Morgan fingerprint density at radius 3 is 2.83 bits per heavy atom. The molecule has 0 fully saturated rings. The second-order valence-electron chi connectivity index (χ2n) is 3.64. The Morgan fingerprint density at radius 1 is 1.44 bits per heavy atom. The molecule has 0 saturated heterocycles. The molecule has 0 radical (unpaired) electrons. The van der Waals surface area contributed by atoms with Crippen molar-refractivity contribution in [3.8, 4) is 17.9 Å². The molecule has 0 heterocycles. The molecule has 0 saturated carbocycles. The fourth-order valence-electron chi connectivity index (χ4n) is 1.44. The minimum absolute atomic E-state index is 0.173. The molecule has 0 unspecified atom stereocenters. The summed E-state index contributed by atoms with van der Waals surface area (Å²) in [6.07, 6.45) is 0.298. The predicted molar refractivity (Wildman–Crippen MR) is 67.6 cm³/mol. The van der Waals surface area contributed by atoms with Gasteiger partial charge in [-0.15, -0.1) is 0 Å². The van der Waals surface area contributed by atoms with Crippen LogP contribution in [0.4, 0.5) is 0 Å². The topological polar surface area (TPSA) is 64.3 Å². The Bertz CT molecular complexity index is 521. The summed E-state index contributed by atoms with van der Waals surface area (Å²) in [6, 6.07) is 8.96. The Balaban J connectivity index is 2.95. The van der Waals surface area contributed by atoms with Crippen LogP contribution < -0.4 is 0 Å². The minimum Gasteiger partial charge on any atom is -0.384 e. The number of benzene rings is 1. The van der Waals surface area contributed by atoms with Gasteiger partial charge >= 0.3 is 0 Å². The predicted octanol–water partition coefficient (Wildman–Crippen LogP) is 1.02. The summed E-state index contributed by atoms with van der Waals surface area (Å²) < 4.78 is 0. The van der Waals surface area contributed by atoms with Crippen molar-refractivity contribution in [3.63, 3.8) is 0 Å². The van der Waals surface area contributed by atoms with Crippen LogP contribution in [0.2, 0.25) is 0 Å². The Hall–Kier alpha value is -2.30. The molecule has 4 heteroatoms. The van der Waals surface area contributed by atoms with Crippen LogP contribution in [0.5, 0.6) is 0 Å². The van der Waals surface area contributed by atoms with Gasteiger partial charge in [-0.1, -0.05) is 24.0 Å². The second kappa shape index (κ2) is 7.11. The molecular weight excluding hydrogens is 228 g/mol. The van der Waals surface area contributed by atoms with Crippen LogP contribution in [0.3, 0.4) is 0 Å². The first-order valence-corrected chi connectivity index (χ1v) is 5.52. The van der Waals surface area contributed by atoms with Gasteiger partial charge in [0, 0.05) is 19.2 Å². The maximum atomic E-state index is 12.1. The highest BCUT2D eigenvalue weighted by Crippen LogP contribution is 2.10. The molecule has 0 aliphatic rings. The summed E-state index contributed by atoms with van der Waals surface area (Å²) >= 11 is 0. The van der Waals surface area contributed by atoms with Gasteiger partial charge in [-0.3, -0.25) is 4.79 Å². The number of nitrogens with zero attached hydrogens (tertiary/aromatic N) is 2. The SMILES string of the molecule is CN(CCC#N)C(=O)c1ccccc1C#CCO. The molecule has 0 aliphatic heterocycles. The number of rotatable bonds is 3. The average molecular weight is 242 g/mol. The lowest BCUT2D eigenvalue weighted by atomic mass is 10.1. The molecular formula is C14H14N2O2. The van der Waals surface area contributed by atoms with E-state index in [1.807, 2.05) is 6.07 Å². The number of aliphatic hydroxyl groups is 1. The lowest BCUT2D eigenvalue weighted by Gasteiger charge is -2.16. The van der Waals surface area contributed by atoms with E-state index in [0.717, 1.165) is 0 Å². The Kier molecular flexibility index (Phi) is 5.44. The maximum Gasteiger partial charge on any atom is 0.254 e. The minimum atomic E-state index is -0.243. The lowest BCUT2D eigenvalue weighted by molar-refractivity contribution is 0.0797. The standard InChI is InChI=1S/C14H14N2O2/c1-16(10-5-9-15)14(18)13-8-3-2-6-12(13)7-4-11-17/h2-3,6,8,17H,5,10-11H2,1H3. The molecule has 0 aromatic heterocycles. The number of carbonyl (C=O) groups is 1. The van der Waals surface area contributed by atoms with Crippen molar-refractivity contribution in [1.29, 1.82) is 5.26 Å². The van der Waals surface area contributed by atoms with Crippen LogP contribution in [-0.2, 0) is 0 Å². The average Bonchev–Trinajstić information content (AvgIpc) is 2.42. The summed E-state index contributed by atoms with van der Waals surface area (Å²) in [5.74, 6) is 5.09. The van der Waals surface area contributed by atoms with E-state index in [-0.39, 0.29) is 12.5 Å². The van der Waals surface area contributed by atoms with Gasteiger partial charge in [0.2, 0.25) is 0 Å². The van der Waals surface area contributed by atoms with Gasteiger partial charge in [0.1, 0.15) is 6.61 Å². The van der Waals surface area contributed by atoms with E-state index in [4.69, 9.17) is 10.4 Å². The van der Waals surface area contributed by atoms with E-state index >= 15 is 0 Å². The van der Waals surface area contributed by atoms with Gasteiger partial charge in [0.25, 0.3) is 5.91 Å². The van der Waals surface area contributed by atoms with E-state index in [2.05, 4.69) is 11.8 Å². The molecule has 92 valence electrons. The van der Waals surface area contributed by atoms with Crippen molar-refractivity contribution in [3.05, 3.63) is 35.4 Å². The molecule has 1 N–H and O–H groups in total. The third-order valence-corrected chi connectivity index (χ3v) is 2.37. The molecule has 1 amide bonds. The Labute approximate surface area is 106 Å². The van der Waals surface area contributed by atoms with Crippen LogP contribution in [0.1, 0.15) is 22.3 Å². The molecule has 1 aromatic carbocycles. The first kappa shape index (κ1) is 13.8. The first-order valence-electron chi connectivity index (χ1n) is 5.52. The second-order valence-corrected chi connectivity index (χ2v) is 3.64. The number of nitriles is 1. The highest BCUT2D eigenvalue weighted by Gasteiger charge is 2.13. The number of amides is 1. The molecule has 18 heavy (non-hydrogen) atoms. The molecule has 0 spiro atoms. The molecule has 1 rings (SSSR count). The third kappa shape index (κ3) is 3.62. The number of carbonyl (C=O) groups excluding carboxylic acids is 1. The first-order chi connectivity index (χ1) is 8.70. The summed E-state index contributed by atoms with van der Waals surface area (Å²) in [5, 5.41) is 17.2. The van der Waals surface area contributed by atoms with Crippen LogP contribution in [0.15, 0.2) is 24.3 Å². The van der Waals surface area contributed by atoms with E-state index in [9.17, 15) is 4.79 Å². The van der Waals surface area contributed by atoms with E-state index in [1.165, 1.54) is 4.90 Å². The Morgan fingerprint density at radius 2 is 2.17 bits per heavy atom. The van der Waals surface area contributed by atoms with Gasteiger partial charge in [-0.25, -0.2) is 0 Å². The van der Waals surface area contributed by atoms with E-state index < -0.39 is 0 Å². The van der Waals surface area contributed by atoms with Crippen molar-refractivity contribution < 1.29 is 9.90 Å². The van der Waals surface area contributed by atoms with Gasteiger partial charge in [0.15, 0.2) is 0 Å². The van der Waals surface area contributed by atoms with Crippen molar-refractivity contribution in [2.75, 3.05) is 20.2 Å².